The SMILES string of the molecule is CCSCCC(O)c1cc2ccccc2o1. The van der Waals surface area contributed by atoms with Crippen LogP contribution in [0, 0.1) is 0 Å². The molecule has 1 aromatic carbocycles. The average molecular weight is 236 g/mol. The van der Waals surface area contributed by atoms with E-state index in [1.54, 1.807) is 0 Å². The fourth-order valence-corrected chi connectivity index (χ4v) is 2.33. The van der Waals surface area contributed by atoms with Gasteiger partial charge in [-0.3, -0.25) is 0 Å². The zero-order valence-corrected chi connectivity index (χ0v) is 10.2. The molecule has 0 bridgehead atoms. The fourth-order valence-electron chi connectivity index (χ4n) is 1.65. The first kappa shape index (κ1) is 11.6. The van der Waals surface area contributed by atoms with Gasteiger partial charge in [0.15, 0.2) is 0 Å². The lowest BCUT2D eigenvalue weighted by atomic mass is 10.2. The number of hydrogen-bond acceptors (Lipinski definition) is 3. The van der Waals surface area contributed by atoms with Gasteiger partial charge in [0.1, 0.15) is 17.4 Å². The minimum absolute atomic E-state index is 0.480. The summed E-state index contributed by atoms with van der Waals surface area (Å²) in [5.74, 6) is 2.74. The monoisotopic (exact) mass is 236 g/mol. The van der Waals surface area contributed by atoms with Crippen LogP contribution in [0.25, 0.3) is 11.0 Å². The van der Waals surface area contributed by atoms with Crippen molar-refractivity contribution < 1.29 is 9.52 Å². The fraction of sp³-hybridized carbons (Fsp3) is 0.385. The van der Waals surface area contributed by atoms with E-state index in [-0.39, 0.29) is 0 Å². The molecule has 0 aliphatic rings. The van der Waals surface area contributed by atoms with E-state index in [0.29, 0.717) is 5.76 Å². The van der Waals surface area contributed by atoms with Crippen LogP contribution in [-0.2, 0) is 0 Å². The first-order valence-electron chi connectivity index (χ1n) is 5.55. The molecule has 0 aliphatic heterocycles. The predicted molar refractivity (Wildman–Crippen MR) is 68.8 cm³/mol. The lowest BCUT2D eigenvalue weighted by molar-refractivity contribution is 0.149. The number of para-hydroxylation sites is 1. The molecule has 1 atom stereocenters. The van der Waals surface area contributed by atoms with E-state index in [9.17, 15) is 5.11 Å². The molecule has 1 heterocycles. The van der Waals surface area contributed by atoms with Crippen molar-refractivity contribution in [1.82, 2.24) is 0 Å². The molecule has 2 rings (SSSR count). The van der Waals surface area contributed by atoms with Crippen molar-refractivity contribution in [3.63, 3.8) is 0 Å². The Morgan fingerprint density at radius 2 is 2.19 bits per heavy atom. The molecule has 1 aromatic heterocycles. The Labute approximate surface area is 99.6 Å². The lowest BCUT2D eigenvalue weighted by Crippen LogP contribution is -1.97. The summed E-state index contributed by atoms with van der Waals surface area (Å²) < 4.78 is 5.60. The first-order valence-corrected chi connectivity index (χ1v) is 6.71. The van der Waals surface area contributed by atoms with Crippen LogP contribution >= 0.6 is 11.8 Å². The Balaban J connectivity index is 2.07. The smallest absolute Gasteiger partial charge is 0.134 e. The van der Waals surface area contributed by atoms with E-state index in [1.165, 1.54) is 0 Å². The van der Waals surface area contributed by atoms with E-state index in [0.717, 1.165) is 28.9 Å². The van der Waals surface area contributed by atoms with Crippen LogP contribution in [0.3, 0.4) is 0 Å². The maximum absolute atomic E-state index is 9.94. The molecule has 16 heavy (non-hydrogen) atoms. The number of hydrogen-bond donors (Lipinski definition) is 1. The molecule has 0 fully saturated rings. The molecule has 2 nitrogen and oxygen atoms in total. The van der Waals surface area contributed by atoms with E-state index < -0.39 is 6.10 Å². The summed E-state index contributed by atoms with van der Waals surface area (Å²) in [7, 11) is 0. The molecular weight excluding hydrogens is 220 g/mol. The third-order valence-corrected chi connectivity index (χ3v) is 3.45. The zero-order valence-electron chi connectivity index (χ0n) is 9.35. The third kappa shape index (κ3) is 2.60. The van der Waals surface area contributed by atoms with Crippen molar-refractivity contribution in [1.29, 1.82) is 0 Å². The van der Waals surface area contributed by atoms with Gasteiger partial charge in [-0.2, -0.15) is 11.8 Å². The summed E-state index contributed by atoms with van der Waals surface area (Å²) in [6.07, 6.45) is 0.268. The van der Waals surface area contributed by atoms with E-state index in [1.807, 2.05) is 42.1 Å². The number of aliphatic hydroxyl groups is 1. The lowest BCUT2D eigenvalue weighted by Gasteiger charge is -2.05. The van der Waals surface area contributed by atoms with Gasteiger partial charge in [-0.25, -0.2) is 0 Å². The molecule has 0 saturated heterocycles. The van der Waals surface area contributed by atoms with Crippen LogP contribution in [0.5, 0.6) is 0 Å². The first-order chi connectivity index (χ1) is 7.81. The van der Waals surface area contributed by atoms with Gasteiger partial charge in [0.25, 0.3) is 0 Å². The summed E-state index contributed by atoms with van der Waals surface area (Å²) in [6.45, 7) is 2.12. The second-order valence-electron chi connectivity index (χ2n) is 3.69. The van der Waals surface area contributed by atoms with E-state index in [2.05, 4.69) is 6.92 Å². The number of rotatable bonds is 5. The minimum atomic E-state index is -0.480. The highest BCUT2D eigenvalue weighted by atomic mass is 32.2. The molecule has 0 aliphatic carbocycles. The van der Waals surface area contributed by atoms with Crippen LogP contribution < -0.4 is 0 Å². The average Bonchev–Trinajstić information content (AvgIpc) is 2.73. The summed E-state index contributed by atoms with van der Waals surface area (Å²) in [6, 6.07) is 9.76. The van der Waals surface area contributed by atoms with Crippen molar-refractivity contribution >= 4 is 22.7 Å². The predicted octanol–water partition coefficient (Wildman–Crippen LogP) is 3.61. The molecule has 0 radical (unpaired) electrons. The highest BCUT2D eigenvalue weighted by Crippen LogP contribution is 2.26. The van der Waals surface area contributed by atoms with Gasteiger partial charge in [-0.1, -0.05) is 25.1 Å². The quantitative estimate of drug-likeness (QED) is 0.805. The van der Waals surface area contributed by atoms with Gasteiger partial charge in [0, 0.05) is 5.39 Å². The van der Waals surface area contributed by atoms with Crippen molar-refractivity contribution in [3.05, 3.63) is 36.1 Å². The molecular formula is C13H16O2S. The second-order valence-corrected chi connectivity index (χ2v) is 5.08. The number of thioether (sulfide) groups is 1. The van der Waals surface area contributed by atoms with E-state index >= 15 is 0 Å². The van der Waals surface area contributed by atoms with Crippen molar-refractivity contribution in [2.45, 2.75) is 19.4 Å². The number of aliphatic hydroxyl groups excluding tert-OH is 1. The summed E-state index contributed by atoms with van der Waals surface area (Å²) in [5.41, 5.74) is 0.847. The van der Waals surface area contributed by atoms with Crippen LogP contribution in [0.15, 0.2) is 34.7 Å². The normalized spacial score (nSPS) is 13.1. The number of fused-ring (bicyclic) bond motifs is 1. The maximum Gasteiger partial charge on any atom is 0.134 e. The van der Waals surface area contributed by atoms with Crippen molar-refractivity contribution in [3.8, 4) is 0 Å². The van der Waals surface area contributed by atoms with Gasteiger partial charge < -0.3 is 9.52 Å². The maximum atomic E-state index is 9.94. The summed E-state index contributed by atoms with van der Waals surface area (Å²) in [4.78, 5) is 0. The molecule has 3 heteroatoms. The van der Waals surface area contributed by atoms with Crippen molar-refractivity contribution in [2.75, 3.05) is 11.5 Å². The van der Waals surface area contributed by atoms with Gasteiger partial charge in [0.2, 0.25) is 0 Å². The van der Waals surface area contributed by atoms with Gasteiger partial charge >= 0.3 is 0 Å². The minimum Gasteiger partial charge on any atom is -0.458 e. The second kappa shape index (κ2) is 5.41. The molecule has 0 amide bonds. The van der Waals surface area contributed by atoms with Gasteiger partial charge in [-0.15, -0.1) is 0 Å². The van der Waals surface area contributed by atoms with Crippen LogP contribution in [0.2, 0.25) is 0 Å². The third-order valence-electron chi connectivity index (χ3n) is 2.51. The largest absolute Gasteiger partial charge is 0.458 e. The Bertz CT molecular complexity index is 417. The molecule has 0 saturated carbocycles. The summed E-state index contributed by atoms with van der Waals surface area (Å²) >= 11 is 1.84. The molecule has 1 unspecified atom stereocenters. The highest BCUT2D eigenvalue weighted by molar-refractivity contribution is 7.99. The molecule has 2 aromatic rings. The topological polar surface area (TPSA) is 33.4 Å². The Morgan fingerprint density at radius 1 is 1.38 bits per heavy atom. The van der Waals surface area contributed by atoms with Crippen molar-refractivity contribution in [2.24, 2.45) is 0 Å². The standard InChI is InChI=1S/C13H16O2S/c1-2-16-8-7-11(14)13-9-10-5-3-4-6-12(10)15-13/h3-6,9,11,14H,2,7-8H2,1H3. The molecule has 1 N–H and O–H groups in total. The number of furan rings is 1. The van der Waals surface area contributed by atoms with Crippen LogP contribution in [0.1, 0.15) is 25.2 Å². The highest BCUT2D eigenvalue weighted by Gasteiger charge is 2.12. The number of benzene rings is 1. The van der Waals surface area contributed by atoms with Gasteiger partial charge in [-0.05, 0) is 30.1 Å². The zero-order chi connectivity index (χ0) is 11.4. The Hall–Kier alpha value is -0.930. The molecule has 86 valence electrons. The van der Waals surface area contributed by atoms with Crippen LogP contribution in [-0.4, -0.2) is 16.6 Å². The van der Waals surface area contributed by atoms with Gasteiger partial charge in [0.05, 0.1) is 0 Å². The Morgan fingerprint density at radius 3 is 2.94 bits per heavy atom. The van der Waals surface area contributed by atoms with Crippen LogP contribution in [0.4, 0.5) is 0 Å². The molecule has 0 spiro atoms. The Kier molecular flexibility index (Phi) is 3.91. The summed E-state index contributed by atoms with van der Waals surface area (Å²) in [5, 5.41) is 11.0. The van der Waals surface area contributed by atoms with E-state index in [4.69, 9.17) is 4.42 Å².